The number of hydrogen-bond acceptors (Lipinski definition) is 3. The summed E-state index contributed by atoms with van der Waals surface area (Å²) in [5, 5.41) is 6.54. The lowest BCUT2D eigenvalue weighted by molar-refractivity contribution is 0.587. The van der Waals surface area contributed by atoms with Gasteiger partial charge in [-0.3, -0.25) is 4.99 Å². The Bertz CT molecular complexity index is 846. The molecule has 0 fully saturated rings. The average molecular weight is 375 g/mol. The lowest BCUT2D eigenvalue weighted by atomic mass is 10.1. The smallest absolute Gasteiger partial charge is 0.215 e. The van der Waals surface area contributed by atoms with Crippen LogP contribution in [0.2, 0.25) is 0 Å². The molecule has 0 aliphatic rings. The van der Waals surface area contributed by atoms with Crippen LogP contribution in [0.25, 0.3) is 0 Å². The Morgan fingerprint density at radius 1 is 0.962 bits per heavy atom. The second-order valence-corrected chi connectivity index (χ2v) is 7.97. The molecule has 0 unspecified atom stereocenters. The number of nitrogens with zero attached hydrogens (tertiary/aromatic N) is 1. The fourth-order valence-corrected chi connectivity index (χ4v) is 3.23. The van der Waals surface area contributed by atoms with Crippen LogP contribution in [0.5, 0.6) is 0 Å². The number of guanidine groups is 1. The molecule has 140 valence electrons. The van der Waals surface area contributed by atoms with Crippen molar-refractivity contribution in [3.05, 3.63) is 70.8 Å². The first-order chi connectivity index (χ1) is 12.4. The van der Waals surface area contributed by atoms with Gasteiger partial charge in [0.05, 0.1) is 5.75 Å². The number of aliphatic imine (C=N–C) groups is 1. The zero-order valence-corrected chi connectivity index (χ0v) is 16.2. The Morgan fingerprint density at radius 3 is 2.15 bits per heavy atom. The lowest BCUT2D eigenvalue weighted by Gasteiger charge is -2.12. The van der Waals surface area contributed by atoms with E-state index >= 15 is 0 Å². The monoisotopic (exact) mass is 374 g/mol. The first-order valence-corrected chi connectivity index (χ1v) is 10.1. The van der Waals surface area contributed by atoms with E-state index in [-0.39, 0.29) is 5.75 Å². The van der Waals surface area contributed by atoms with E-state index in [1.54, 1.807) is 7.05 Å². The molecule has 0 saturated heterocycles. The number of sulfonamides is 1. The van der Waals surface area contributed by atoms with Gasteiger partial charge in [0.1, 0.15) is 0 Å². The third-order valence-corrected chi connectivity index (χ3v) is 5.25. The van der Waals surface area contributed by atoms with Crippen molar-refractivity contribution in [3.63, 3.8) is 0 Å². The molecule has 6 nitrogen and oxygen atoms in total. The predicted octanol–water partition coefficient (Wildman–Crippen LogP) is 1.91. The van der Waals surface area contributed by atoms with Crippen molar-refractivity contribution in [2.45, 2.75) is 25.8 Å². The van der Waals surface area contributed by atoms with Crippen molar-refractivity contribution >= 4 is 16.0 Å². The van der Waals surface area contributed by atoms with Crippen LogP contribution in [0.15, 0.2) is 53.5 Å². The zero-order valence-electron chi connectivity index (χ0n) is 15.4. The van der Waals surface area contributed by atoms with Crippen LogP contribution in [0, 0.1) is 6.92 Å². The number of rotatable bonds is 7. The molecule has 0 bridgehead atoms. The van der Waals surface area contributed by atoms with E-state index in [1.807, 2.05) is 30.3 Å². The zero-order chi connectivity index (χ0) is 19.0. The molecule has 0 heterocycles. The molecule has 3 N–H and O–H groups in total. The van der Waals surface area contributed by atoms with Crippen molar-refractivity contribution in [1.82, 2.24) is 15.4 Å². The van der Waals surface area contributed by atoms with E-state index in [0.29, 0.717) is 19.0 Å². The summed E-state index contributed by atoms with van der Waals surface area (Å²) in [6, 6.07) is 15.8. The highest BCUT2D eigenvalue weighted by molar-refractivity contribution is 7.88. The van der Waals surface area contributed by atoms with Gasteiger partial charge in [-0.15, -0.1) is 0 Å². The number of nitrogens with one attached hydrogen (secondary N) is 3. The highest BCUT2D eigenvalue weighted by atomic mass is 32.2. The van der Waals surface area contributed by atoms with Crippen LogP contribution >= 0.6 is 0 Å². The van der Waals surface area contributed by atoms with Crippen LogP contribution in [-0.4, -0.2) is 28.5 Å². The van der Waals surface area contributed by atoms with Gasteiger partial charge < -0.3 is 10.6 Å². The average Bonchev–Trinajstić information content (AvgIpc) is 2.63. The van der Waals surface area contributed by atoms with Gasteiger partial charge in [0, 0.05) is 20.1 Å². The third kappa shape index (κ3) is 6.50. The maximum Gasteiger partial charge on any atom is 0.215 e. The van der Waals surface area contributed by atoms with Gasteiger partial charge in [0.15, 0.2) is 5.96 Å². The summed E-state index contributed by atoms with van der Waals surface area (Å²) < 4.78 is 25.5. The molecular formula is C19H26N4O2S. The molecule has 0 aliphatic carbocycles. The number of aryl methyl sites for hydroxylation is 1. The molecule has 0 aliphatic heterocycles. The van der Waals surface area contributed by atoms with Gasteiger partial charge in [0.25, 0.3) is 0 Å². The van der Waals surface area contributed by atoms with Crippen molar-refractivity contribution in [1.29, 1.82) is 0 Å². The van der Waals surface area contributed by atoms with E-state index in [2.05, 4.69) is 45.5 Å². The molecule has 0 aromatic heterocycles. The van der Waals surface area contributed by atoms with E-state index in [1.165, 1.54) is 18.2 Å². The normalized spacial score (nSPS) is 12.0. The Balaban J connectivity index is 1.86. The third-order valence-electron chi connectivity index (χ3n) is 3.92. The summed E-state index contributed by atoms with van der Waals surface area (Å²) in [5.41, 5.74) is 4.23. The summed E-state index contributed by atoms with van der Waals surface area (Å²) in [5.74, 6) is 0.699. The Kier molecular flexibility index (Phi) is 7.17. The van der Waals surface area contributed by atoms with Gasteiger partial charge in [-0.2, -0.15) is 0 Å². The van der Waals surface area contributed by atoms with Gasteiger partial charge in [-0.1, -0.05) is 54.1 Å². The minimum absolute atomic E-state index is 0.0169. The summed E-state index contributed by atoms with van der Waals surface area (Å²) in [6.45, 7) is 3.37. The van der Waals surface area contributed by atoms with Gasteiger partial charge in [-0.25, -0.2) is 13.1 Å². The van der Waals surface area contributed by atoms with Crippen molar-refractivity contribution < 1.29 is 8.42 Å². The highest BCUT2D eigenvalue weighted by Gasteiger charge is 2.08. The fraction of sp³-hybridized carbons (Fsp3) is 0.316. The second-order valence-electron chi connectivity index (χ2n) is 6.05. The molecule has 2 aromatic rings. The van der Waals surface area contributed by atoms with Crippen molar-refractivity contribution in [3.8, 4) is 0 Å². The molecule has 0 saturated carbocycles. The predicted molar refractivity (Wildman–Crippen MR) is 106 cm³/mol. The molecule has 26 heavy (non-hydrogen) atoms. The minimum Gasteiger partial charge on any atom is -0.352 e. The quantitative estimate of drug-likeness (QED) is 0.511. The van der Waals surface area contributed by atoms with Crippen LogP contribution in [0.4, 0.5) is 0 Å². The highest BCUT2D eigenvalue weighted by Crippen LogP contribution is 2.08. The first kappa shape index (κ1) is 19.9. The largest absolute Gasteiger partial charge is 0.352 e. The van der Waals surface area contributed by atoms with E-state index in [4.69, 9.17) is 0 Å². The molecule has 2 aromatic carbocycles. The lowest BCUT2D eigenvalue weighted by Crippen LogP contribution is -2.36. The summed E-state index contributed by atoms with van der Waals surface area (Å²) in [6.07, 6.45) is 0. The summed E-state index contributed by atoms with van der Waals surface area (Å²) >= 11 is 0. The molecule has 0 amide bonds. The molecule has 0 radical (unpaired) electrons. The van der Waals surface area contributed by atoms with E-state index in [9.17, 15) is 8.42 Å². The molecule has 7 heteroatoms. The standard InChI is InChI=1S/C19H26N4O2S/c1-15-5-4-6-18(11-15)13-23-19(20-2)22-12-16-7-9-17(10-8-16)14-26(24,25)21-3/h4-11,21H,12-14H2,1-3H3,(H2,20,22,23). The van der Waals surface area contributed by atoms with Crippen LogP contribution in [-0.2, 0) is 28.9 Å². The van der Waals surface area contributed by atoms with Crippen LogP contribution < -0.4 is 15.4 Å². The van der Waals surface area contributed by atoms with Crippen LogP contribution in [0.3, 0.4) is 0 Å². The second kappa shape index (κ2) is 9.35. The maximum absolute atomic E-state index is 11.6. The minimum atomic E-state index is -3.25. The summed E-state index contributed by atoms with van der Waals surface area (Å²) in [7, 11) is -0.0936. The summed E-state index contributed by atoms with van der Waals surface area (Å²) in [4.78, 5) is 4.22. The first-order valence-electron chi connectivity index (χ1n) is 8.41. The van der Waals surface area contributed by atoms with Gasteiger partial charge in [0.2, 0.25) is 10.0 Å². The maximum atomic E-state index is 11.6. The molecule has 0 spiro atoms. The van der Waals surface area contributed by atoms with Crippen molar-refractivity contribution in [2.75, 3.05) is 14.1 Å². The topological polar surface area (TPSA) is 82.6 Å². The molecular weight excluding hydrogens is 348 g/mol. The van der Waals surface area contributed by atoms with Crippen molar-refractivity contribution in [2.24, 2.45) is 4.99 Å². The van der Waals surface area contributed by atoms with Crippen LogP contribution in [0.1, 0.15) is 22.3 Å². The Labute approximate surface area is 155 Å². The molecule has 2 rings (SSSR count). The fourth-order valence-electron chi connectivity index (χ4n) is 2.46. The van der Waals surface area contributed by atoms with E-state index in [0.717, 1.165) is 11.1 Å². The van der Waals surface area contributed by atoms with E-state index < -0.39 is 10.0 Å². The molecule has 0 atom stereocenters. The SMILES string of the molecule is CN=C(NCc1ccc(CS(=O)(=O)NC)cc1)NCc1cccc(C)c1. The number of benzene rings is 2. The number of hydrogen-bond donors (Lipinski definition) is 3. The van der Waals surface area contributed by atoms with Gasteiger partial charge >= 0.3 is 0 Å². The Morgan fingerprint density at radius 2 is 1.58 bits per heavy atom. The Hall–Kier alpha value is -2.38. The van der Waals surface area contributed by atoms with Gasteiger partial charge in [-0.05, 0) is 30.7 Å².